The summed E-state index contributed by atoms with van der Waals surface area (Å²) >= 11 is 0. The molecule has 3 aromatic rings. The molecule has 2 heterocycles. The van der Waals surface area contributed by atoms with Crippen LogP contribution in [0.3, 0.4) is 0 Å². The number of carbonyl (C=O) groups excluding carboxylic acids is 2. The Bertz CT molecular complexity index is 1030. The second-order valence-electron chi connectivity index (χ2n) is 6.96. The van der Waals surface area contributed by atoms with Crippen LogP contribution in [0.25, 0.3) is 0 Å². The van der Waals surface area contributed by atoms with Crippen LogP contribution >= 0.6 is 0 Å². The predicted molar refractivity (Wildman–Crippen MR) is 107 cm³/mol. The average Bonchev–Trinajstić information content (AvgIpc) is 3.30. The standard InChI is InChI=1S/C22H21N3O5/c1-14-12-17(24-30-14)13-25-20(26)22(23-21(25)27,15-4-8-18(28-2)9-5-15)16-6-10-19(29-3)11-7-16/h4-12H,13H2,1-3H3,(H,23,27). The van der Waals surface area contributed by atoms with Gasteiger partial charge >= 0.3 is 6.03 Å². The van der Waals surface area contributed by atoms with Crippen molar-refractivity contribution >= 4 is 11.9 Å². The van der Waals surface area contributed by atoms with Gasteiger partial charge in [0.2, 0.25) is 0 Å². The minimum Gasteiger partial charge on any atom is -0.497 e. The second-order valence-corrected chi connectivity index (χ2v) is 6.96. The molecule has 2 aromatic carbocycles. The number of carbonyl (C=O) groups is 2. The van der Waals surface area contributed by atoms with E-state index in [0.29, 0.717) is 34.1 Å². The van der Waals surface area contributed by atoms with Crippen LogP contribution in [0.4, 0.5) is 4.79 Å². The normalized spacial score (nSPS) is 15.2. The number of aromatic nitrogens is 1. The van der Waals surface area contributed by atoms with Gasteiger partial charge in [-0.1, -0.05) is 29.4 Å². The second kappa shape index (κ2) is 7.55. The Labute approximate surface area is 173 Å². The van der Waals surface area contributed by atoms with Crippen molar-refractivity contribution in [2.24, 2.45) is 0 Å². The van der Waals surface area contributed by atoms with Crippen molar-refractivity contribution in [2.45, 2.75) is 19.0 Å². The van der Waals surface area contributed by atoms with E-state index >= 15 is 0 Å². The molecule has 1 aliphatic rings. The molecule has 0 aliphatic carbocycles. The summed E-state index contributed by atoms with van der Waals surface area (Å²) in [7, 11) is 3.14. The van der Waals surface area contributed by atoms with Crippen molar-refractivity contribution in [3.8, 4) is 11.5 Å². The number of amides is 3. The minimum absolute atomic E-state index is 0.00999. The molecule has 0 atom stereocenters. The van der Waals surface area contributed by atoms with Crippen LogP contribution in [0.1, 0.15) is 22.6 Å². The van der Waals surface area contributed by atoms with E-state index in [1.165, 1.54) is 0 Å². The molecule has 8 heteroatoms. The number of benzene rings is 2. The van der Waals surface area contributed by atoms with Gasteiger partial charge in [0.05, 0.1) is 20.8 Å². The third-order valence-electron chi connectivity index (χ3n) is 5.15. The van der Waals surface area contributed by atoms with Gasteiger partial charge in [-0.05, 0) is 42.3 Å². The van der Waals surface area contributed by atoms with Crippen molar-refractivity contribution < 1.29 is 23.6 Å². The Kier molecular flexibility index (Phi) is 4.91. The van der Waals surface area contributed by atoms with Crippen LogP contribution in [0.15, 0.2) is 59.1 Å². The lowest BCUT2D eigenvalue weighted by molar-refractivity contribution is -0.130. The maximum absolute atomic E-state index is 13.7. The largest absolute Gasteiger partial charge is 0.497 e. The molecule has 0 bridgehead atoms. The van der Waals surface area contributed by atoms with Gasteiger partial charge in [0.1, 0.15) is 23.0 Å². The zero-order valence-corrected chi connectivity index (χ0v) is 16.8. The Balaban J connectivity index is 1.80. The third kappa shape index (κ3) is 3.16. The van der Waals surface area contributed by atoms with Gasteiger partial charge in [-0.15, -0.1) is 0 Å². The van der Waals surface area contributed by atoms with Crippen LogP contribution in [0.2, 0.25) is 0 Å². The van der Waals surface area contributed by atoms with Crippen molar-refractivity contribution in [2.75, 3.05) is 14.2 Å². The number of urea groups is 1. The van der Waals surface area contributed by atoms with Crippen LogP contribution in [0.5, 0.6) is 11.5 Å². The smallest absolute Gasteiger partial charge is 0.325 e. The minimum atomic E-state index is -1.38. The maximum atomic E-state index is 13.7. The van der Waals surface area contributed by atoms with E-state index in [1.807, 2.05) is 0 Å². The zero-order valence-electron chi connectivity index (χ0n) is 16.8. The van der Waals surface area contributed by atoms with Crippen LogP contribution < -0.4 is 14.8 Å². The first-order valence-corrected chi connectivity index (χ1v) is 9.33. The lowest BCUT2D eigenvalue weighted by atomic mass is 9.82. The lowest BCUT2D eigenvalue weighted by Crippen LogP contribution is -2.45. The highest BCUT2D eigenvalue weighted by Gasteiger charge is 2.53. The van der Waals surface area contributed by atoms with Crippen LogP contribution in [0, 0.1) is 6.92 Å². The molecular weight excluding hydrogens is 386 g/mol. The highest BCUT2D eigenvalue weighted by Crippen LogP contribution is 2.38. The summed E-state index contributed by atoms with van der Waals surface area (Å²) in [5, 5.41) is 6.80. The van der Waals surface area contributed by atoms with E-state index < -0.39 is 17.5 Å². The Hall–Kier alpha value is -3.81. The number of hydrogen-bond acceptors (Lipinski definition) is 6. The highest BCUT2D eigenvalue weighted by molar-refractivity contribution is 6.09. The molecule has 0 spiro atoms. The maximum Gasteiger partial charge on any atom is 0.325 e. The molecule has 1 aliphatic heterocycles. The van der Waals surface area contributed by atoms with Gasteiger partial charge in [0.25, 0.3) is 5.91 Å². The quantitative estimate of drug-likeness (QED) is 0.632. The molecule has 30 heavy (non-hydrogen) atoms. The summed E-state index contributed by atoms with van der Waals surface area (Å²) in [6.45, 7) is 1.76. The van der Waals surface area contributed by atoms with Gasteiger partial charge < -0.3 is 19.3 Å². The number of hydrogen-bond donors (Lipinski definition) is 1. The van der Waals surface area contributed by atoms with E-state index in [0.717, 1.165) is 4.90 Å². The number of aryl methyl sites for hydroxylation is 1. The fourth-order valence-corrected chi connectivity index (χ4v) is 3.61. The van der Waals surface area contributed by atoms with Crippen molar-refractivity contribution in [1.82, 2.24) is 15.4 Å². The van der Waals surface area contributed by atoms with Gasteiger partial charge in [-0.3, -0.25) is 9.69 Å². The molecule has 1 fully saturated rings. The summed E-state index contributed by atoms with van der Waals surface area (Å²) in [6, 6.07) is 15.3. The summed E-state index contributed by atoms with van der Waals surface area (Å²) < 4.78 is 15.5. The lowest BCUT2D eigenvalue weighted by Gasteiger charge is -2.28. The zero-order chi connectivity index (χ0) is 21.3. The third-order valence-corrected chi connectivity index (χ3v) is 5.15. The summed E-state index contributed by atoms with van der Waals surface area (Å²) in [5.41, 5.74) is 0.349. The summed E-state index contributed by atoms with van der Waals surface area (Å²) in [4.78, 5) is 27.7. The van der Waals surface area contributed by atoms with Gasteiger partial charge in [-0.2, -0.15) is 0 Å². The van der Waals surface area contributed by atoms with Gasteiger partial charge in [0.15, 0.2) is 5.54 Å². The van der Waals surface area contributed by atoms with E-state index in [9.17, 15) is 9.59 Å². The number of methoxy groups -OCH3 is 2. The topological polar surface area (TPSA) is 93.9 Å². The molecular formula is C22H21N3O5. The first-order chi connectivity index (χ1) is 14.5. The molecule has 1 N–H and O–H groups in total. The molecule has 0 radical (unpaired) electrons. The Morgan fingerprint density at radius 3 is 1.93 bits per heavy atom. The van der Waals surface area contributed by atoms with E-state index in [4.69, 9.17) is 14.0 Å². The SMILES string of the molecule is COc1ccc(C2(c3ccc(OC)cc3)NC(=O)N(Cc3cc(C)on3)C2=O)cc1. The van der Waals surface area contributed by atoms with Gasteiger partial charge in [-0.25, -0.2) is 4.79 Å². The molecule has 1 saturated heterocycles. The fourth-order valence-electron chi connectivity index (χ4n) is 3.61. The number of nitrogens with one attached hydrogen (secondary N) is 1. The van der Waals surface area contributed by atoms with Crippen molar-refractivity contribution in [3.63, 3.8) is 0 Å². The van der Waals surface area contributed by atoms with Crippen LogP contribution in [-0.4, -0.2) is 36.2 Å². The van der Waals surface area contributed by atoms with Gasteiger partial charge in [0, 0.05) is 6.07 Å². The molecule has 1 aromatic heterocycles. The number of rotatable bonds is 6. The molecule has 8 nitrogen and oxygen atoms in total. The molecule has 3 amide bonds. The first kappa shape index (κ1) is 19.5. The summed E-state index contributed by atoms with van der Waals surface area (Å²) in [6.07, 6.45) is 0. The van der Waals surface area contributed by atoms with Crippen molar-refractivity contribution in [3.05, 3.63) is 77.2 Å². The average molecular weight is 407 g/mol. The predicted octanol–water partition coefficient (Wildman–Crippen LogP) is 3.00. The molecule has 4 rings (SSSR count). The van der Waals surface area contributed by atoms with E-state index in [1.54, 1.807) is 75.7 Å². The summed E-state index contributed by atoms with van der Waals surface area (Å²) in [5.74, 6) is 1.50. The molecule has 154 valence electrons. The van der Waals surface area contributed by atoms with E-state index in [-0.39, 0.29) is 6.54 Å². The first-order valence-electron chi connectivity index (χ1n) is 9.33. The fraction of sp³-hybridized carbons (Fsp3) is 0.227. The molecule has 0 saturated carbocycles. The van der Waals surface area contributed by atoms with E-state index in [2.05, 4.69) is 10.5 Å². The molecule has 0 unspecified atom stereocenters. The Morgan fingerprint density at radius 2 is 1.50 bits per heavy atom. The highest BCUT2D eigenvalue weighted by atomic mass is 16.5. The number of imide groups is 1. The number of ether oxygens (including phenoxy) is 2. The Morgan fingerprint density at radius 1 is 0.967 bits per heavy atom. The number of nitrogens with zero attached hydrogens (tertiary/aromatic N) is 2. The monoisotopic (exact) mass is 407 g/mol. The van der Waals surface area contributed by atoms with Crippen LogP contribution in [-0.2, 0) is 16.9 Å². The van der Waals surface area contributed by atoms with Crippen molar-refractivity contribution in [1.29, 1.82) is 0 Å².